The Kier molecular flexibility index (Phi) is 59.6. The summed E-state index contributed by atoms with van der Waals surface area (Å²) in [6.45, 7) is 0. The molecule has 1 radical (unpaired) electrons. The van der Waals surface area contributed by atoms with E-state index in [1.807, 2.05) is 40.6 Å². The third-order valence-electron chi connectivity index (χ3n) is 2.92. The van der Waals surface area contributed by atoms with E-state index in [0.29, 0.717) is 11.5 Å². The molecule has 0 spiro atoms. The van der Waals surface area contributed by atoms with Gasteiger partial charge in [0, 0.05) is 45.5 Å². The molecule has 1 rings (SSSR count). The minimum absolute atomic E-state index is 0. The number of thioether (sulfide) groups is 2. The molecule has 0 bridgehead atoms. The third kappa shape index (κ3) is 49.9. The van der Waals surface area contributed by atoms with Crippen molar-refractivity contribution in [3.63, 3.8) is 0 Å². The van der Waals surface area contributed by atoms with E-state index in [4.69, 9.17) is 23.3 Å². The Bertz CT molecular complexity index is 524. The van der Waals surface area contributed by atoms with Crippen molar-refractivity contribution < 1.29 is 89.7 Å². The van der Waals surface area contributed by atoms with Gasteiger partial charge in [-0.2, -0.15) is 0 Å². The van der Waals surface area contributed by atoms with Gasteiger partial charge in [-0.1, -0.05) is 33.3 Å². The number of rotatable bonds is 6. The van der Waals surface area contributed by atoms with E-state index in [2.05, 4.69) is 24.7 Å². The van der Waals surface area contributed by atoms with Gasteiger partial charge >= 0.3 is 22.3 Å². The van der Waals surface area contributed by atoms with Crippen LogP contribution in [-0.2, 0) is 27.5 Å². The smallest absolute Gasteiger partial charge is 1.00 e. The van der Waals surface area contributed by atoms with Crippen LogP contribution in [0.15, 0.2) is 0 Å². The second-order valence-electron chi connectivity index (χ2n) is 5.53. The van der Waals surface area contributed by atoms with E-state index >= 15 is 0 Å². The summed E-state index contributed by atoms with van der Waals surface area (Å²) < 4.78 is 34.1. The van der Waals surface area contributed by atoms with Crippen LogP contribution in [0.1, 0.15) is 0 Å². The Morgan fingerprint density at radius 3 is 1.53 bits per heavy atom. The van der Waals surface area contributed by atoms with Crippen LogP contribution in [0, 0.1) is 0 Å². The molecule has 1 saturated heterocycles. The van der Waals surface area contributed by atoms with E-state index in [0.717, 1.165) is 29.6 Å². The maximum Gasteiger partial charge on any atom is 2.00 e. The Morgan fingerprint density at radius 1 is 1.00 bits per heavy atom. The van der Waals surface area contributed by atoms with Crippen LogP contribution in [0.2, 0.25) is 0 Å². The SMILES string of the molecule is CN(C)C(CSC(N)=O)CSC([NH3+])=O.CN(C)C1CSSC1.O.O.O.O.O.O=S(=O)([O-])[O-].[Cl-].[Cu+2]. The molecule has 0 aliphatic carbocycles. The maximum absolute atomic E-state index is 10.6. The van der Waals surface area contributed by atoms with E-state index < -0.39 is 10.4 Å². The average Bonchev–Trinajstić information content (AvgIpc) is 2.99. The van der Waals surface area contributed by atoms with Crippen LogP contribution in [0.5, 0.6) is 0 Å². The summed E-state index contributed by atoms with van der Waals surface area (Å²) in [5.74, 6) is 3.84. The molecule has 2 amide bonds. The van der Waals surface area contributed by atoms with Crippen LogP contribution < -0.4 is 23.9 Å². The molecule has 15 N–H and O–H groups in total. The average molecular weight is 673 g/mol. The zero-order valence-corrected chi connectivity index (χ0v) is 24.6. The first-order chi connectivity index (χ1) is 12.2. The number of nitrogens with zero attached hydrogens (tertiary/aromatic N) is 2. The van der Waals surface area contributed by atoms with E-state index in [-0.39, 0.29) is 73.4 Å². The van der Waals surface area contributed by atoms with Gasteiger partial charge in [0.2, 0.25) is 0 Å². The monoisotopic (exact) mass is 671 g/mol. The van der Waals surface area contributed by atoms with Crippen molar-refractivity contribution in [3.05, 3.63) is 0 Å². The zero-order chi connectivity index (χ0) is 21.6. The van der Waals surface area contributed by atoms with Crippen LogP contribution in [0.4, 0.5) is 9.59 Å². The van der Waals surface area contributed by atoms with E-state index in [1.165, 1.54) is 11.5 Å². The molecule has 0 aromatic carbocycles. The number of carbonyl (C=O) groups excluding carboxylic acids is 2. The Hall–Kier alpha value is 0.899. The van der Waals surface area contributed by atoms with Crippen LogP contribution in [0.25, 0.3) is 0 Å². The first-order valence-electron chi connectivity index (χ1n) is 7.39. The van der Waals surface area contributed by atoms with Gasteiger partial charge in [0.25, 0.3) is 5.24 Å². The van der Waals surface area contributed by atoms with Crippen molar-refractivity contribution in [1.29, 1.82) is 0 Å². The van der Waals surface area contributed by atoms with Crippen molar-refractivity contribution in [2.24, 2.45) is 5.73 Å². The molecule has 1 fully saturated rings. The Morgan fingerprint density at radius 2 is 1.32 bits per heavy atom. The zero-order valence-electron chi connectivity index (χ0n) is 18.8. The summed E-state index contributed by atoms with van der Waals surface area (Å²) in [6.07, 6.45) is 0. The molecule has 219 valence electrons. The summed E-state index contributed by atoms with van der Waals surface area (Å²) >= 11 is 2.23. The van der Waals surface area contributed by atoms with Crippen molar-refractivity contribution in [3.8, 4) is 0 Å². The van der Waals surface area contributed by atoms with Gasteiger partial charge in [-0.05, 0) is 40.0 Å². The minimum atomic E-state index is -5.17. The standard InChI is InChI=1S/C7H15N3O2S2.C5H11NS2.ClH.Cu.H2O4S.5H2O/c1-10(2)5(3-13-6(8)11)4-14-7(9)12;1-6(2)5-3-7-8-4-5;;;1-5(2,3)4;;;;;/h5H,3-4H2,1-2H3,(H2,8,11)(H2,9,12);5H,3-4H2,1-2H3;1H;;(H2,1,2,3,4);5*1H2/q;;;+2;;;;;;/p-2. The molecule has 1 aliphatic heterocycles. The number of amides is 2. The van der Waals surface area contributed by atoms with Crippen molar-refractivity contribution >= 4 is 66.0 Å². The number of quaternary nitrogens is 1. The molecule has 34 heavy (non-hydrogen) atoms. The topological polar surface area (TPSA) is 332 Å². The second kappa shape index (κ2) is 33.9. The van der Waals surface area contributed by atoms with Gasteiger partial charge in [-0.25, -0.2) is 4.79 Å². The van der Waals surface area contributed by atoms with Crippen LogP contribution in [0.3, 0.4) is 0 Å². The Balaban J connectivity index is -0.0000000391. The molecule has 0 aromatic heterocycles. The van der Waals surface area contributed by atoms with Gasteiger partial charge in [0.05, 0.1) is 0 Å². The number of primary amides is 1. The molecular formula is C12H37ClCuN4O11S5. The van der Waals surface area contributed by atoms with Gasteiger partial charge in [0.1, 0.15) is 0 Å². The number of halogens is 1. The number of hydrogen-bond donors (Lipinski definition) is 2. The van der Waals surface area contributed by atoms with Gasteiger partial charge in [-0.3, -0.25) is 18.9 Å². The third-order valence-corrected chi connectivity index (χ3v) is 7.15. The first kappa shape index (κ1) is 59.8. The summed E-state index contributed by atoms with van der Waals surface area (Å²) in [4.78, 5) is 25.5. The molecule has 22 heteroatoms. The summed E-state index contributed by atoms with van der Waals surface area (Å²) in [5.41, 5.74) is 8.29. The largest absolute Gasteiger partial charge is 2.00 e. The van der Waals surface area contributed by atoms with E-state index in [9.17, 15) is 9.59 Å². The van der Waals surface area contributed by atoms with Crippen LogP contribution in [-0.4, -0.2) is 128 Å². The van der Waals surface area contributed by atoms with Crippen molar-refractivity contribution in [1.82, 2.24) is 9.80 Å². The fourth-order valence-electron chi connectivity index (χ4n) is 1.31. The molecule has 0 aromatic rings. The molecule has 15 nitrogen and oxygen atoms in total. The number of nitrogens with two attached hydrogens (primary N) is 1. The predicted molar refractivity (Wildman–Crippen MR) is 131 cm³/mol. The molecule has 1 atom stereocenters. The van der Waals surface area contributed by atoms with Crippen molar-refractivity contribution in [2.75, 3.05) is 51.2 Å². The maximum atomic E-state index is 10.6. The van der Waals surface area contributed by atoms with Gasteiger partial charge < -0.3 is 64.4 Å². The first-order valence-corrected chi connectivity index (χ1v) is 13.2. The van der Waals surface area contributed by atoms with Gasteiger partial charge in [0.15, 0.2) is 0 Å². The predicted octanol–water partition coefficient (Wildman–Crippen LogP) is -7.32. The van der Waals surface area contributed by atoms with Crippen LogP contribution >= 0.6 is 45.1 Å². The molecule has 0 saturated carbocycles. The molecular weight excluding hydrogens is 635 g/mol. The molecule has 1 aliphatic rings. The summed E-state index contributed by atoms with van der Waals surface area (Å²) in [7, 11) is 6.91. The second-order valence-corrected chi connectivity index (χ2v) is 11.0. The molecule has 1 unspecified atom stereocenters. The van der Waals surface area contributed by atoms with Gasteiger partial charge in [-0.15, -0.1) is 0 Å². The fraction of sp³-hybridized carbons (Fsp3) is 0.833. The minimum Gasteiger partial charge on any atom is -1.00 e. The van der Waals surface area contributed by atoms with E-state index in [1.54, 1.807) is 0 Å². The Labute approximate surface area is 233 Å². The quantitative estimate of drug-likeness (QED) is 0.115. The molecule has 1 heterocycles. The normalized spacial score (nSPS) is 12.4. The number of hydrogen-bond acceptors (Lipinski definition) is 12. The fourth-order valence-corrected chi connectivity index (χ4v) is 6.04. The number of carbonyl (C=O) groups is 2. The van der Waals surface area contributed by atoms with Crippen molar-refractivity contribution in [2.45, 2.75) is 12.1 Å². The summed E-state index contributed by atoms with van der Waals surface area (Å²) in [6, 6.07) is 0.980. The summed E-state index contributed by atoms with van der Waals surface area (Å²) in [5, 5.41) is -0.538.